The molecule has 0 bridgehead atoms. The summed E-state index contributed by atoms with van der Waals surface area (Å²) in [5.41, 5.74) is 1.12. The van der Waals surface area contributed by atoms with Gasteiger partial charge in [0.2, 0.25) is 0 Å². The molecular formula is C15H22N4O. The van der Waals surface area contributed by atoms with Gasteiger partial charge in [-0.05, 0) is 19.5 Å². The molecule has 2 aromatic rings. The zero-order valence-electron chi connectivity index (χ0n) is 12.3. The van der Waals surface area contributed by atoms with Gasteiger partial charge in [-0.2, -0.15) is 0 Å². The topological polar surface area (TPSA) is 52.0 Å². The van der Waals surface area contributed by atoms with E-state index >= 15 is 0 Å². The second kappa shape index (κ2) is 7.05. The van der Waals surface area contributed by atoms with Crippen molar-refractivity contribution in [3.8, 4) is 5.75 Å². The summed E-state index contributed by atoms with van der Waals surface area (Å²) >= 11 is 0. The Morgan fingerprint density at radius 3 is 2.90 bits per heavy atom. The zero-order valence-corrected chi connectivity index (χ0v) is 12.3. The van der Waals surface area contributed by atoms with Crippen LogP contribution >= 0.6 is 0 Å². The first-order chi connectivity index (χ1) is 9.80. The Bertz CT molecular complexity index is 538. The van der Waals surface area contributed by atoms with Gasteiger partial charge < -0.3 is 14.6 Å². The molecule has 0 aliphatic carbocycles. The maximum atomic E-state index is 5.42. The summed E-state index contributed by atoms with van der Waals surface area (Å²) in [4.78, 5) is 8.57. The van der Waals surface area contributed by atoms with Gasteiger partial charge in [-0.3, -0.25) is 4.98 Å². The normalized spacial score (nSPS) is 12.3. The van der Waals surface area contributed by atoms with Crippen molar-refractivity contribution in [1.82, 2.24) is 19.9 Å². The van der Waals surface area contributed by atoms with Gasteiger partial charge in [0.15, 0.2) is 0 Å². The van der Waals surface area contributed by atoms with Gasteiger partial charge in [-0.25, -0.2) is 4.98 Å². The van der Waals surface area contributed by atoms with E-state index in [9.17, 15) is 0 Å². The van der Waals surface area contributed by atoms with Crippen LogP contribution in [0.3, 0.4) is 0 Å². The second-order valence-electron chi connectivity index (χ2n) is 4.56. The number of rotatable bonds is 7. The minimum Gasteiger partial charge on any atom is -0.495 e. The Morgan fingerprint density at radius 1 is 1.35 bits per heavy atom. The molecule has 1 N–H and O–H groups in total. The predicted octanol–water partition coefficient (Wildman–Crippen LogP) is 2.20. The van der Waals surface area contributed by atoms with Crippen molar-refractivity contribution in [1.29, 1.82) is 0 Å². The van der Waals surface area contributed by atoms with Crippen molar-refractivity contribution in [2.75, 3.05) is 13.7 Å². The molecule has 5 nitrogen and oxygen atoms in total. The molecule has 2 aromatic heterocycles. The van der Waals surface area contributed by atoms with E-state index in [4.69, 9.17) is 4.74 Å². The van der Waals surface area contributed by atoms with Crippen LogP contribution in [-0.4, -0.2) is 28.2 Å². The first-order valence-corrected chi connectivity index (χ1v) is 7.01. The van der Waals surface area contributed by atoms with Gasteiger partial charge >= 0.3 is 0 Å². The lowest BCUT2D eigenvalue weighted by molar-refractivity contribution is 0.395. The first-order valence-electron chi connectivity index (χ1n) is 7.01. The highest BCUT2D eigenvalue weighted by atomic mass is 16.5. The highest BCUT2D eigenvalue weighted by Crippen LogP contribution is 2.26. The molecule has 108 valence electrons. The van der Waals surface area contributed by atoms with E-state index < -0.39 is 0 Å². The highest BCUT2D eigenvalue weighted by molar-refractivity contribution is 5.33. The van der Waals surface area contributed by atoms with Crippen LogP contribution in [-0.2, 0) is 13.0 Å². The molecule has 5 heteroatoms. The quantitative estimate of drug-likeness (QED) is 0.841. The molecule has 1 unspecified atom stereocenters. The molecule has 1 atom stereocenters. The van der Waals surface area contributed by atoms with Crippen LogP contribution in [0.4, 0.5) is 0 Å². The molecule has 0 fully saturated rings. The monoisotopic (exact) mass is 274 g/mol. The summed E-state index contributed by atoms with van der Waals surface area (Å²) in [5, 5.41) is 3.50. The Kier molecular flexibility index (Phi) is 5.12. The summed E-state index contributed by atoms with van der Waals surface area (Å²) in [5.74, 6) is 1.89. The predicted molar refractivity (Wildman–Crippen MR) is 78.8 cm³/mol. The Balaban J connectivity index is 2.27. The van der Waals surface area contributed by atoms with E-state index in [2.05, 4.69) is 33.7 Å². The largest absolute Gasteiger partial charge is 0.495 e. The molecule has 20 heavy (non-hydrogen) atoms. The second-order valence-corrected chi connectivity index (χ2v) is 4.56. The SMILES string of the molecule is CCNC(Cc1nccn1CC)c1ccncc1OC. The van der Waals surface area contributed by atoms with E-state index in [-0.39, 0.29) is 6.04 Å². The number of nitrogens with zero attached hydrogens (tertiary/aromatic N) is 3. The van der Waals surface area contributed by atoms with Crippen LogP contribution in [0.5, 0.6) is 5.75 Å². The van der Waals surface area contributed by atoms with E-state index in [1.54, 1.807) is 19.5 Å². The summed E-state index contributed by atoms with van der Waals surface area (Å²) in [7, 11) is 1.68. The average molecular weight is 274 g/mol. The highest BCUT2D eigenvalue weighted by Gasteiger charge is 2.18. The van der Waals surface area contributed by atoms with Crippen LogP contribution in [0.1, 0.15) is 31.3 Å². The van der Waals surface area contributed by atoms with Gasteiger partial charge in [0.25, 0.3) is 0 Å². The number of aryl methyl sites for hydroxylation is 1. The van der Waals surface area contributed by atoms with Gasteiger partial charge in [-0.1, -0.05) is 6.92 Å². The smallest absolute Gasteiger partial charge is 0.141 e. The van der Waals surface area contributed by atoms with Crippen LogP contribution in [0.25, 0.3) is 0 Å². The molecule has 0 radical (unpaired) electrons. The lowest BCUT2D eigenvalue weighted by Crippen LogP contribution is -2.25. The van der Waals surface area contributed by atoms with Crippen LogP contribution < -0.4 is 10.1 Å². The van der Waals surface area contributed by atoms with E-state index in [0.29, 0.717) is 0 Å². The van der Waals surface area contributed by atoms with Crippen molar-refractivity contribution in [2.45, 2.75) is 32.9 Å². The lowest BCUT2D eigenvalue weighted by Gasteiger charge is -2.20. The molecule has 2 heterocycles. The molecule has 2 rings (SSSR count). The van der Waals surface area contributed by atoms with Crippen LogP contribution in [0, 0.1) is 0 Å². The molecule has 0 amide bonds. The fourth-order valence-corrected chi connectivity index (χ4v) is 2.39. The fraction of sp³-hybridized carbons (Fsp3) is 0.467. The Morgan fingerprint density at radius 2 is 2.20 bits per heavy atom. The molecule has 0 saturated carbocycles. The first kappa shape index (κ1) is 14.5. The Labute approximate surface area is 120 Å². The minimum absolute atomic E-state index is 0.172. The number of imidazole rings is 1. The maximum absolute atomic E-state index is 5.42. The fourth-order valence-electron chi connectivity index (χ4n) is 2.39. The minimum atomic E-state index is 0.172. The molecule has 0 aliphatic rings. The Hall–Kier alpha value is -1.88. The number of methoxy groups -OCH3 is 1. The number of hydrogen-bond acceptors (Lipinski definition) is 4. The summed E-state index contributed by atoms with van der Waals surface area (Å²) in [6.07, 6.45) is 8.25. The number of nitrogens with one attached hydrogen (secondary N) is 1. The standard InChI is InChI=1S/C15H22N4O/c1-4-17-13(10-15-18-8-9-19(15)5-2)12-6-7-16-11-14(12)20-3/h6-9,11,13,17H,4-5,10H2,1-3H3. The van der Waals surface area contributed by atoms with Crippen molar-refractivity contribution < 1.29 is 4.74 Å². The summed E-state index contributed by atoms with van der Waals surface area (Å²) in [6, 6.07) is 2.18. The third-order valence-corrected chi connectivity index (χ3v) is 3.39. The third-order valence-electron chi connectivity index (χ3n) is 3.39. The number of aromatic nitrogens is 3. The molecule has 0 aliphatic heterocycles. The van der Waals surface area contributed by atoms with E-state index in [0.717, 1.165) is 36.6 Å². The number of hydrogen-bond donors (Lipinski definition) is 1. The third kappa shape index (κ3) is 3.17. The maximum Gasteiger partial charge on any atom is 0.141 e. The van der Waals surface area contributed by atoms with Crippen LogP contribution in [0.2, 0.25) is 0 Å². The zero-order chi connectivity index (χ0) is 14.4. The number of ether oxygens (including phenoxy) is 1. The van der Waals surface area contributed by atoms with E-state index in [1.165, 1.54) is 0 Å². The summed E-state index contributed by atoms with van der Waals surface area (Å²) < 4.78 is 7.58. The van der Waals surface area contributed by atoms with Crippen molar-refractivity contribution >= 4 is 0 Å². The van der Waals surface area contributed by atoms with Crippen LogP contribution in [0.15, 0.2) is 30.9 Å². The molecule has 0 saturated heterocycles. The number of likely N-dealkylation sites (N-methyl/N-ethyl adjacent to an activating group) is 1. The van der Waals surface area contributed by atoms with Gasteiger partial charge in [0.1, 0.15) is 11.6 Å². The van der Waals surface area contributed by atoms with E-state index in [1.807, 2.05) is 18.5 Å². The van der Waals surface area contributed by atoms with Crippen molar-refractivity contribution in [3.05, 3.63) is 42.2 Å². The molecular weight excluding hydrogens is 252 g/mol. The van der Waals surface area contributed by atoms with Crippen molar-refractivity contribution in [2.24, 2.45) is 0 Å². The molecule has 0 aromatic carbocycles. The average Bonchev–Trinajstić information content (AvgIpc) is 2.94. The number of pyridine rings is 1. The van der Waals surface area contributed by atoms with Crippen molar-refractivity contribution in [3.63, 3.8) is 0 Å². The van der Waals surface area contributed by atoms with Gasteiger partial charge in [0.05, 0.1) is 13.3 Å². The lowest BCUT2D eigenvalue weighted by atomic mass is 10.0. The summed E-state index contributed by atoms with van der Waals surface area (Å²) in [6.45, 7) is 6.05. The van der Waals surface area contributed by atoms with Gasteiger partial charge in [-0.15, -0.1) is 0 Å². The molecule has 0 spiro atoms. The van der Waals surface area contributed by atoms with Gasteiger partial charge in [0, 0.05) is 43.2 Å².